The fourth-order valence-electron chi connectivity index (χ4n) is 3.39. The van der Waals surface area contributed by atoms with Crippen LogP contribution in [-0.2, 0) is 16.1 Å². The van der Waals surface area contributed by atoms with E-state index < -0.39 is 0 Å². The van der Waals surface area contributed by atoms with Crippen LogP contribution in [0.2, 0.25) is 0 Å². The molecular weight excluding hydrogens is 290 g/mol. The number of methoxy groups -OCH3 is 2. The summed E-state index contributed by atoms with van der Waals surface area (Å²) in [6.07, 6.45) is 1.38. The maximum absolute atomic E-state index is 6.35. The van der Waals surface area contributed by atoms with Crippen molar-refractivity contribution in [2.75, 3.05) is 20.8 Å². The molecule has 1 aliphatic rings. The van der Waals surface area contributed by atoms with Crippen LogP contribution < -0.4 is 4.74 Å². The molecule has 1 aromatic rings. The summed E-state index contributed by atoms with van der Waals surface area (Å²) < 4.78 is 17.2. The predicted octanol–water partition coefficient (Wildman–Crippen LogP) is 3.69. The van der Waals surface area contributed by atoms with Crippen molar-refractivity contribution in [3.8, 4) is 5.75 Å². The lowest BCUT2D eigenvalue weighted by atomic mass is 9.80. The van der Waals surface area contributed by atoms with Crippen LogP contribution in [0.3, 0.4) is 0 Å². The van der Waals surface area contributed by atoms with Gasteiger partial charge < -0.3 is 14.2 Å². The smallest absolute Gasteiger partial charge is 0.118 e. The maximum atomic E-state index is 6.35. The standard InChI is InChI=1S/C19H31NO3/c1-14(2)20-12-17(22-6)11-19(3,4)18(20)23-13-15-7-9-16(21-5)10-8-15/h7-10,14,17-18H,11-13H2,1-6H3. The Balaban J connectivity index is 2.07. The van der Waals surface area contributed by atoms with E-state index in [4.69, 9.17) is 14.2 Å². The number of hydrogen-bond donors (Lipinski definition) is 0. The highest BCUT2D eigenvalue weighted by atomic mass is 16.5. The number of nitrogens with zero attached hydrogens (tertiary/aromatic N) is 1. The monoisotopic (exact) mass is 321 g/mol. The van der Waals surface area contributed by atoms with Crippen molar-refractivity contribution in [3.63, 3.8) is 0 Å². The SMILES string of the molecule is COc1ccc(COC2N(C(C)C)CC(OC)CC2(C)C)cc1. The molecule has 0 bridgehead atoms. The summed E-state index contributed by atoms with van der Waals surface area (Å²) in [4.78, 5) is 2.42. The van der Waals surface area contributed by atoms with Crippen molar-refractivity contribution in [2.24, 2.45) is 5.41 Å². The van der Waals surface area contributed by atoms with Gasteiger partial charge in [-0.3, -0.25) is 4.90 Å². The molecule has 0 amide bonds. The van der Waals surface area contributed by atoms with Gasteiger partial charge >= 0.3 is 0 Å². The van der Waals surface area contributed by atoms with Gasteiger partial charge in [-0.1, -0.05) is 26.0 Å². The van der Waals surface area contributed by atoms with Crippen LogP contribution in [0.15, 0.2) is 24.3 Å². The molecule has 2 atom stereocenters. The third-order valence-electron chi connectivity index (χ3n) is 4.70. The Hall–Kier alpha value is -1.10. The highest BCUT2D eigenvalue weighted by Gasteiger charge is 2.43. The van der Waals surface area contributed by atoms with E-state index >= 15 is 0 Å². The second-order valence-corrected chi connectivity index (χ2v) is 7.35. The third kappa shape index (κ3) is 4.46. The Kier molecular flexibility index (Phi) is 6.06. The Bertz CT molecular complexity index is 484. The molecule has 2 rings (SSSR count). The molecule has 130 valence electrons. The summed E-state index contributed by atoms with van der Waals surface area (Å²) in [6, 6.07) is 8.50. The van der Waals surface area contributed by atoms with Gasteiger partial charge in [0.2, 0.25) is 0 Å². The van der Waals surface area contributed by atoms with E-state index in [2.05, 4.69) is 44.7 Å². The molecule has 4 heteroatoms. The highest BCUT2D eigenvalue weighted by molar-refractivity contribution is 5.26. The Labute approximate surface area is 140 Å². The number of benzene rings is 1. The molecule has 0 aromatic heterocycles. The highest BCUT2D eigenvalue weighted by Crippen LogP contribution is 2.38. The van der Waals surface area contributed by atoms with Crippen LogP contribution in [0.25, 0.3) is 0 Å². The Morgan fingerprint density at radius 1 is 1.17 bits per heavy atom. The van der Waals surface area contributed by atoms with Gasteiger partial charge in [-0.15, -0.1) is 0 Å². The minimum atomic E-state index is 0.0513. The van der Waals surface area contributed by atoms with Crippen LogP contribution in [0.5, 0.6) is 5.75 Å². The number of ether oxygens (including phenoxy) is 3. The minimum absolute atomic E-state index is 0.0513. The zero-order valence-electron chi connectivity index (χ0n) is 15.3. The van der Waals surface area contributed by atoms with Crippen LogP contribution in [0.4, 0.5) is 0 Å². The van der Waals surface area contributed by atoms with Gasteiger partial charge in [-0.25, -0.2) is 0 Å². The molecule has 1 aromatic carbocycles. The van der Waals surface area contributed by atoms with E-state index in [-0.39, 0.29) is 17.7 Å². The van der Waals surface area contributed by atoms with E-state index in [0.717, 1.165) is 18.7 Å². The zero-order chi connectivity index (χ0) is 17.0. The first-order valence-electron chi connectivity index (χ1n) is 8.40. The summed E-state index contributed by atoms with van der Waals surface area (Å²) in [5.41, 5.74) is 1.22. The van der Waals surface area contributed by atoms with Crippen LogP contribution in [-0.4, -0.2) is 44.0 Å². The second-order valence-electron chi connectivity index (χ2n) is 7.35. The Morgan fingerprint density at radius 3 is 2.35 bits per heavy atom. The number of rotatable bonds is 6. The van der Waals surface area contributed by atoms with Gasteiger partial charge in [0.25, 0.3) is 0 Å². The first kappa shape index (κ1) is 18.2. The number of likely N-dealkylation sites (tertiary alicyclic amines) is 1. The molecule has 1 heterocycles. The van der Waals surface area contributed by atoms with E-state index in [9.17, 15) is 0 Å². The van der Waals surface area contributed by atoms with Gasteiger partial charge in [0.1, 0.15) is 12.0 Å². The first-order valence-corrected chi connectivity index (χ1v) is 8.40. The van der Waals surface area contributed by atoms with E-state index in [0.29, 0.717) is 12.6 Å². The van der Waals surface area contributed by atoms with Gasteiger partial charge in [-0.2, -0.15) is 0 Å². The summed E-state index contributed by atoms with van der Waals surface area (Å²) in [7, 11) is 3.49. The molecule has 0 N–H and O–H groups in total. The van der Waals surface area contributed by atoms with E-state index in [1.807, 2.05) is 12.1 Å². The fourth-order valence-corrected chi connectivity index (χ4v) is 3.39. The molecule has 1 fully saturated rings. The molecular formula is C19H31NO3. The summed E-state index contributed by atoms with van der Waals surface area (Å²) in [5, 5.41) is 0. The lowest BCUT2D eigenvalue weighted by Gasteiger charge is -2.50. The molecule has 0 aliphatic carbocycles. The van der Waals surface area contributed by atoms with Crippen LogP contribution in [0.1, 0.15) is 39.7 Å². The van der Waals surface area contributed by atoms with Crippen molar-refractivity contribution in [1.82, 2.24) is 4.90 Å². The normalized spacial score (nSPS) is 24.8. The molecule has 0 spiro atoms. The largest absolute Gasteiger partial charge is 0.497 e. The maximum Gasteiger partial charge on any atom is 0.118 e. The van der Waals surface area contributed by atoms with Gasteiger partial charge in [0.15, 0.2) is 0 Å². The zero-order valence-corrected chi connectivity index (χ0v) is 15.3. The molecule has 0 saturated carbocycles. The predicted molar refractivity (Wildman–Crippen MR) is 92.6 cm³/mol. The molecule has 2 unspecified atom stereocenters. The van der Waals surface area contributed by atoms with Crippen LogP contribution in [0, 0.1) is 5.41 Å². The summed E-state index contributed by atoms with van der Waals surface area (Å²) in [6.45, 7) is 10.5. The average molecular weight is 321 g/mol. The molecule has 1 aliphatic heterocycles. The van der Waals surface area contributed by atoms with Crippen LogP contribution >= 0.6 is 0 Å². The fraction of sp³-hybridized carbons (Fsp3) is 0.684. The van der Waals surface area contributed by atoms with E-state index in [1.54, 1.807) is 14.2 Å². The van der Waals surface area contributed by atoms with E-state index in [1.165, 1.54) is 5.56 Å². The van der Waals surface area contributed by atoms with Crippen molar-refractivity contribution in [3.05, 3.63) is 29.8 Å². The van der Waals surface area contributed by atoms with Crippen molar-refractivity contribution < 1.29 is 14.2 Å². The van der Waals surface area contributed by atoms with Gasteiger partial charge in [-0.05, 0) is 38.0 Å². The van der Waals surface area contributed by atoms with Gasteiger partial charge in [0, 0.05) is 25.1 Å². The third-order valence-corrected chi connectivity index (χ3v) is 4.70. The molecule has 1 saturated heterocycles. The molecule has 0 radical (unpaired) electrons. The second kappa shape index (κ2) is 7.65. The lowest BCUT2D eigenvalue weighted by Crippen LogP contribution is -2.58. The quantitative estimate of drug-likeness (QED) is 0.799. The van der Waals surface area contributed by atoms with Crippen molar-refractivity contribution >= 4 is 0 Å². The summed E-state index contributed by atoms with van der Waals surface area (Å²) >= 11 is 0. The van der Waals surface area contributed by atoms with Gasteiger partial charge in [0.05, 0.1) is 19.8 Å². The summed E-state index contributed by atoms with van der Waals surface area (Å²) in [5.74, 6) is 0.874. The molecule has 23 heavy (non-hydrogen) atoms. The molecule has 4 nitrogen and oxygen atoms in total. The lowest BCUT2D eigenvalue weighted by molar-refractivity contribution is -0.191. The van der Waals surface area contributed by atoms with Crippen molar-refractivity contribution in [1.29, 1.82) is 0 Å². The average Bonchev–Trinajstić information content (AvgIpc) is 2.52. The number of hydrogen-bond acceptors (Lipinski definition) is 4. The number of piperidine rings is 1. The Morgan fingerprint density at radius 2 is 1.83 bits per heavy atom. The minimum Gasteiger partial charge on any atom is -0.497 e. The van der Waals surface area contributed by atoms with Crippen molar-refractivity contribution in [2.45, 2.75) is 59.1 Å². The first-order chi connectivity index (χ1) is 10.9. The topological polar surface area (TPSA) is 30.9 Å².